The summed E-state index contributed by atoms with van der Waals surface area (Å²) in [4.78, 5) is 15.3. The molecule has 0 fully saturated rings. The van der Waals surface area contributed by atoms with E-state index in [1.54, 1.807) is 7.11 Å². The van der Waals surface area contributed by atoms with Gasteiger partial charge in [-0.2, -0.15) is 0 Å². The number of nitrogens with zero attached hydrogens (tertiary/aromatic N) is 1. The van der Waals surface area contributed by atoms with E-state index >= 15 is 0 Å². The predicted octanol–water partition coefficient (Wildman–Crippen LogP) is 1.35. The summed E-state index contributed by atoms with van der Waals surface area (Å²) in [6, 6.07) is 8.81. The number of ether oxygens (including phenoxy) is 2. The summed E-state index contributed by atoms with van der Waals surface area (Å²) in [5.74, 6) is 0.300. The maximum atomic E-state index is 11.3. The number of carbonyl (C=O) groups excluding carboxylic acids is 1. The van der Waals surface area contributed by atoms with E-state index in [-0.39, 0.29) is 18.1 Å². The van der Waals surface area contributed by atoms with Crippen molar-refractivity contribution in [2.75, 3.05) is 12.8 Å². The minimum absolute atomic E-state index is 0.165. The molecule has 1 aromatic carbocycles. The van der Waals surface area contributed by atoms with Gasteiger partial charge < -0.3 is 20.9 Å². The molecule has 0 aliphatic rings. The standard InChI is InChI=1S/C14H15N3O3/c1-19-11-4-2-9(3-5-11)8-20-14-12(13(16)18)6-10(15)7-17-14/h2-7H,8,15H2,1H3,(H2,16,18). The molecule has 0 bridgehead atoms. The second kappa shape index (κ2) is 5.92. The molecule has 2 rings (SSSR count). The summed E-state index contributed by atoms with van der Waals surface area (Å²) in [7, 11) is 1.60. The number of benzene rings is 1. The zero-order valence-corrected chi connectivity index (χ0v) is 11.0. The Morgan fingerprint density at radius 2 is 2.00 bits per heavy atom. The number of hydrogen-bond donors (Lipinski definition) is 2. The Bertz CT molecular complexity index is 612. The molecule has 0 saturated carbocycles. The number of hydrogen-bond acceptors (Lipinski definition) is 5. The van der Waals surface area contributed by atoms with Gasteiger partial charge in [-0.3, -0.25) is 4.79 Å². The highest BCUT2D eigenvalue weighted by Gasteiger charge is 2.11. The molecule has 0 atom stereocenters. The van der Waals surface area contributed by atoms with Crippen LogP contribution in [-0.2, 0) is 6.61 Å². The molecule has 6 nitrogen and oxygen atoms in total. The van der Waals surface area contributed by atoms with Crippen molar-refractivity contribution < 1.29 is 14.3 Å². The first-order valence-corrected chi connectivity index (χ1v) is 5.91. The highest BCUT2D eigenvalue weighted by atomic mass is 16.5. The molecule has 0 radical (unpaired) electrons. The number of aromatic nitrogens is 1. The van der Waals surface area contributed by atoms with Crippen molar-refractivity contribution in [2.24, 2.45) is 5.73 Å². The van der Waals surface area contributed by atoms with Crippen LogP contribution in [0.3, 0.4) is 0 Å². The van der Waals surface area contributed by atoms with Crippen LogP contribution in [0.1, 0.15) is 15.9 Å². The van der Waals surface area contributed by atoms with Gasteiger partial charge in [-0.1, -0.05) is 12.1 Å². The van der Waals surface area contributed by atoms with E-state index in [0.29, 0.717) is 5.69 Å². The highest BCUT2D eigenvalue weighted by Crippen LogP contribution is 2.19. The Morgan fingerprint density at radius 1 is 1.30 bits per heavy atom. The Balaban J connectivity index is 2.12. The van der Waals surface area contributed by atoms with Crippen molar-refractivity contribution >= 4 is 11.6 Å². The second-order valence-corrected chi connectivity index (χ2v) is 4.12. The molecule has 0 aliphatic carbocycles. The highest BCUT2D eigenvalue weighted by molar-refractivity contribution is 5.95. The molecule has 4 N–H and O–H groups in total. The quantitative estimate of drug-likeness (QED) is 0.856. The van der Waals surface area contributed by atoms with Gasteiger partial charge in [0.15, 0.2) is 0 Å². The summed E-state index contributed by atoms with van der Waals surface area (Å²) in [5, 5.41) is 0. The fraction of sp³-hybridized carbons (Fsp3) is 0.143. The third-order valence-electron chi connectivity index (χ3n) is 2.67. The zero-order chi connectivity index (χ0) is 14.5. The van der Waals surface area contributed by atoms with Crippen LogP contribution >= 0.6 is 0 Å². The lowest BCUT2D eigenvalue weighted by Crippen LogP contribution is -2.14. The number of anilines is 1. The third-order valence-corrected chi connectivity index (χ3v) is 2.67. The molecule has 0 aliphatic heterocycles. The fourth-order valence-electron chi connectivity index (χ4n) is 1.63. The van der Waals surface area contributed by atoms with Crippen LogP contribution < -0.4 is 20.9 Å². The zero-order valence-electron chi connectivity index (χ0n) is 11.0. The fourth-order valence-corrected chi connectivity index (χ4v) is 1.63. The normalized spacial score (nSPS) is 10.1. The lowest BCUT2D eigenvalue weighted by atomic mass is 10.2. The second-order valence-electron chi connectivity index (χ2n) is 4.12. The molecule has 0 spiro atoms. The van der Waals surface area contributed by atoms with Gasteiger partial charge in [0.05, 0.1) is 19.0 Å². The predicted molar refractivity (Wildman–Crippen MR) is 74.5 cm³/mol. The molecule has 1 heterocycles. The van der Waals surface area contributed by atoms with E-state index in [0.717, 1.165) is 11.3 Å². The van der Waals surface area contributed by atoms with Crippen LogP contribution in [-0.4, -0.2) is 18.0 Å². The van der Waals surface area contributed by atoms with Gasteiger partial charge in [0.2, 0.25) is 5.88 Å². The third kappa shape index (κ3) is 3.17. The van der Waals surface area contributed by atoms with Crippen LogP contribution in [0.2, 0.25) is 0 Å². The SMILES string of the molecule is COc1ccc(COc2ncc(N)cc2C(N)=O)cc1. The molecule has 20 heavy (non-hydrogen) atoms. The van der Waals surface area contributed by atoms with Gasteiger partial charge in [0, 0.05) is 0 Å². The van der Waals surface area contributed by atoms with Crippen molar-refractivity contribution in [3.63, 3.8) is 0 Å². The van der Waals surface area contributed by atoms with Crippen LogP contribution in [0, 0.1) is 0 Å². The number of nitrogen functional groups attached to an aromatic ring is 1. The largest absolute Gasteiger partial charge is 0.497 e. The molecule has 104 valence electrons. The number of nitrogens with two attached hydrogens (primary N) is 2. The topological polar surface area (TPSA) is 100 Å². The Hall–Kier alpha value is -2.76. The summed E-state index contributed by atoms with van der Waals surface area (Å²) in [6.07, 6.45) is 1.41. The lowest BCUT2D eigenvalue weighted by molar-refractivity contribution is 0.0995. The minimum Gasteiger partial charge on any atom is -0.497 e. The molecule has 1 amide bonds. The van der Waals surface area contributed by atoms with Gasteiger partial charge in [0.1, 0.15) is 17.9 Å². The van der Waals surface area contributed by atoms with Gasteiger partial charge in [-0.15, -0.1) is 0 Å². The first-order chi connectivity index (χ1) is 9.60. The van der Waals surface area contributed by atoms with E-state index in [9.17, 15) is 4.79 Å². The van der Waals surface area contributed by atoms with Crippen molar-refractivity contribution in [2.45, 2.75) is 6.61 Å². The maximum absolute atomic E-state index is 11.3. The van der Waals surface area contributed by atoms with Crippen LogP contribution in [0.5, 0.6) is 11.6 Å². The van der Waals surface area contributed by atoms with Gasteiger partial charge in [-0.05, 0) is 23.8 Å². The molecular formula is C14H15N3O3. The number of carbonyl (C=O) groups is 1. The first kappa shape index (κ1) is 13.7. The lowest BCUT2D eigenvalue weighted by Gasteiger charge is -2.09. The molecule has 2 aromatic rings. The Labute approximate surface area is 116 Å². The van der Waals surface area contributed by atoms with Crippen molar-refractivity contribution in [1.29, 1.82) is 0 Å². The summed E-state index contributed by atoms with van der Waals surface area (Å²) in [6.45, 7) is 0.265. The summed E-state index contributed by atoms with van der Waals surface area (Å²) < 4.78 is 10.6. The van der Waals surface area contributed by atoms with Crippen molar-refractivity contribution in [3.8, 4) is 11.6 Å². The number of pyridine rings is 1. The van der Waals surface area contributed by atoms with Gasteiger partial charge >= 0.3 is 0 Å². The van der Waals surface area contributed by atoms with Crippen molar-refractivity contribution in [3.05, 3.63) is 47.7 Å². The molecule has 0 unspecified atom stereocenters. The van der Waals surface area contributed by atoms with Gasteiger partial charge in [-0.25, -0.2) is 4.98 Å². The first-order valence-electron chi connectivity index (χ1n) is 5.91. The molecular weight excluding hydrogens is 258 g/mol. The summed E-state index contributed by atoms with van der Waals surface area (Å²) in [5.41, 5.74) is 12.3. The van der Waals surface area contributed by atoms with Crippen LogP contribution in [0.25, 0.3) is 0 Å². The molecule has 6 heteroatoms. The van der Waals surface area contributed by atoms with Crippen LogP contribution in [0.4, 0.5) is 5.69 Å². The monoisotopic (exact) mass is 273 g/mol. The average molecular weight is 273 g/mol. The van der Waals surface area contributed by atoms with E-state index in [1.165, 1.54) is 12.3 Å². The number of rotatable bonds is 5. The van der Waals surface area contributed by atoms with E-state index in [4.69, 9.17) is 20.9 Å². The smallest absolute Gasteiger partial charge is 0.254 e. The molecule has 1 aromatic heterocycles. The van der Waals surface area contributed by atoms with E-state index in [2.05, 4.69) is 4.98 Å². The molecule has 0 saturated heterocycles. The number of amides is 1. The van der Waals surface area contributed by atoms with E-state index < -0.39 is 5.91 Å². The maximum Gasteiger partial charge on any atom is 0.254 e. The average Bonchev–Trinajstić information content (AvgIpc) is 2.46. The Morgan fingerprint density at radius 3 is 2.60 bits per heavy atom. The van der Waals surface area contributed by atoms with Gasteiger partial charge in [0.25, 0.3) is 5.91 Å². The number of primary amides is 1. The van der Waals surface area contributed by atoms with Crippen molar-refractivity contribution in [1.82, 2.24) is 4.98 Å². The Kier molecular flexibility index (Phi) is 4.05. The van der Waals surface area contributed by atoms with E-state index in [1.807, 2.05) is 24.3 Å². The number of methoxy groups -OCH3 is 1. The summed E-state index contributed by atoms with van der Waals surface area (Å²) >= 11 is 0. The minimum atomic E-state index is -0.630. The van der Waals surface area contributed by atoms with Crippen LogP contribution in [0.15, 0.2) is 36.5 Å².